The first-order chi connectivity index (χ1) is 14.4. The predicted octanol–water partition coefficient (Wildman–Crippen LogP) is 4.14. The van der Waals surface area contributed by atoms with Crippen LogP contribution < -0.4 is 10.9 Å². The Bertz CT molecular complexity index is 1290. The fourth-order valence-corrected chi connectivity index (χ4v) is 3.81. The van der Waals surface area contributed by atoms with Gasteiger partial charge in [0.1, 0.15) is 11.9 Å². The van der Waals surface area contributed by atoms with Gasteiger partial charge in [-0.25, -0.2) is 4.39 Å². The monoisotopic (exact) mass is 404 g/mol. The Balaban J connectivity index is 1.76. The second-order valence-electron chi connectivity index (χ2n) is 7.20. The molecule has 0 unspecified atom stereocenters. The van der Waals surface area contributed by atoms with Crippen molar-refractivity contribution in [3.8, 4) is 5.69 Å². The molecule has 0 fully saturated rings. The third kappa shape index (κ3) is 3.28. The van der Waals surface area contributed by atoms with Gasteiger partial charge in [-0.3, -0.25) is 9.59 Å². The average molecular weight is 404 g/mol. The molecule has 152 valence electrons. The van der Waals surface area contributed by atoms with E-state index >= 15 is 0 Å². The number of nitrogens with zero attached hydrogens (tertiary/aromatic N) is 3. The largest absolute Gasteiger partial charge is 0.336 e. The first-order valence-electron chi connectivity index (χ1n) is 9.59. The molecule has 1 amide bonds. The quantitative estimate of drug-likeness (QED) is 0.556. The van der Waals surface area contributed by atoms with E-state index in [0.29, 0.717) is 27.8 Å². The molecule has 0 aliphatic carbocycles. The highest BCUT2D eigenvalue weighted by atomic mass is 19.1. The molecule has 4 aromatic rings. The Morgan fingerprint density at radius 3 is 2.37 bits per heavy atom. The maximum absolute atomic E-state index is 13.2. The SMILES string of the molecule is Cc1c2cnn(-c3ccccc3)c(=O)c2c(C)n1[C@H](C)C(=O)Nc1ccc(F)cc1. The smallest absolute Gasteiger partial charge is 0.281 e. The van der Waals surface area contributed by atoms with Gasteiger partial charge >= 0.3 is 0 Å². The molecule has 0 saturated heterocycles. The number of rotatable bonds is 4. The summed E-state index contributed by atoms with van der Waals surface area (Å²) in [5.41, 5.74) is 2.43. The van der Waals surface area contributed by atoms with E-state index in [2.05, 4.69) is 10.4 Å². The predicted molar refractivity (Wildman–Crippen MR) is 115 cm³/mol. The highest BCUT2D eigenvalue weighted by Gasteiger charge is 2.23. The van der Waals surface area contributed by atoms with Gasteiger partial charge in [0.2, 0.25) is 5.91 Å². The first-order valence-corrected chi connectivity index (χ1v) is 9.59. The van der Waals surface area contributed by atoms with E-state index < -0.39 is 6.04 Å². The molecule has 2 aromatic heterocycles. The molecule has 0 bridgehead atoms. The number of anilines is 1. The Morgan fingerprint density at radius 1 is 1.03 bits per heavy atom. The van der Waals surface area contributed by atoms with Crippen LogP contribution in [0.4, 0.5) is 10.1 Å². The summed E-state index contributed by atoms with van der Waals surface area (Å²) < 4.78 is 16.3. The minimum absolute atomic E-state index is 0.232. The number of hydrogen-bond acceptors (Lipinski definition) is 3. The average Bonchev–Trinajstić information content (AvgIpc) is 3.00. The zero-order chi connectivity index (χ0) is 21.4. The van der Waals surface area contributed by atoms with Crippen LogP contribution in [-0.2, 0) is 4.79 Å². The van der Waals surface area contributed by atoms with Gasteiger partial charge in [-0.2, -0.15) is 9.78 Å². The molecular formula is C23H21FN4O2. The van der Waals surface area contributed by atoms with Crippen molar-refractivity contribution in [2.75, 3.05) is 5.32 Å². The van der Waals surface area contributed by atoms with Crippen molar-refractivity contribution in [2.24, 2.45) is 0 Å². The maximum atomic E-state index is 13.2. The number of amides is 1. The highest BCUT2D eigenvalue weighted by molar-refractivity contribution is 5.95. The van der Waals surface area contributed by atoms with Gasteiger partial charge in [-0.1, -0.05) is 18.2 Å². The van der Waals surface area contributed by atoms with E-state index in [9.17, 15) is 14.0 Å². The van der Waals surface area contributed by atoms with Crippen LogP contribution in [0.25, 0.3) is 16.5 Å². The van der Waals surface area contributed by atoms with Crippen molar-refractivity contribution in [2.45, 2.75) is 26.8 Å². The number of fused-ring (bicyclic) bond motifs is 1. The summed E-state index contributed by atoms with van der Waals surface area (Å²) in [4.78, 5) is 26.0. The first kappa shape index (κ1) is 19.6. The van der Waals surface area contributed by atoms with Crippen LogP contribution in [0, 0.1) is 19.7 Å². The van der Waals surface area contributed by atoms with Crippen LogP contribution in [0.15, 0.2) is 65.6 Å². The number of carbonyl (C=O) groups is 1. The zero-order valence-corrected chi connectivity index (χ0v) is 16.9. The van der Waals surface area contributed by atoms with E-state index in [1.54, 1.807) is 13.1 Å². The fourth-order valence-electron chi connectivity index (χ4n) is 3.81. The summed E-state index contributed by atoms with van der Waals surface area (Å²) in [6.45, 7) is 5.46. The van der Waals surface area contributed by atoms with Crippen molar-refractivity contribution in [1.82, 2.24) is 14.3 Å². The molecule has 0 aliphatic rings. The molecule has 0 aliphatic heterocycles. The Morgan fingerprint density at radius 2 is 1.70 bits per heavy atom. The Hall–Kier alpha value is -3.74. The van der Waals surface area contributed by atoms with Crippen molar-refractivity contribution in [1.29, 1.82) is 0 Å². The number of para-hydroxylation sites is 1. The standard InChI is InChI=1S/C23H21FN4O2/c1-14-20-13-25-28(19-7-5-4-6-8-19)23(30)21(20)15(2)27(14)16(3)22(29)26-18-11-9-17(24)10-12-18/h4-13,16H,1-3H3,(H,26,29)/t16-/m1/s1. The molecule has 2 aromatic carbocycles. The van der Waals surface area contributed by atoms with Gasteiger partial charge in [0.15, 0.2) is 0 Å². The number of aryl methyl sites for hydroxylation is 2. The third-order valence-electron chi connectivity index (χ3n) is 5.33. The summed E-state index contributed by atoms with van der Waals surface area (Å²) >= 11 is 0. The lowest BCUT2D eigenvalue weighted by Crippen LogP contribution is -2.25. The van der Waals surface area contributed by atoms with Crippen molar-refractivity contribution >= 4 is 22.4 Å². The fraction of sp³-hybridized carbons (Fsp3) is 0.174. The minimum atomic E-state index is -0.577. The Kier molecular flexibility index (Phi) is 4.95. The zero-order valence-electron chi connectivity index (χ0n) is 16.9. The number of hydrogen-bond donors (Lipinski definition) is 1. The van der Waals surface area contributed by atoms with Crippen LogP contribution in [0.1, 0.15) is 24.4 Å². The molecule has 0 spiro atoms. The molecule has 0 saturated carbocycles. The van der Waals surface area contributed by atoms with Gasteiger partial charge in [-0.15, -0.1) is 0 Å². The molecule has 1 N–H and O–H groups in total. The van der Waals surface area contributed by atoms with Crippen LogP contribution in [0.2, 0.25) is 0 Å². The third-order valence-corrected chi connectivity index (χ3v) is 5.33. The minimum Gasteiger partial charge on any atom is -0.336 e. The number of nitrogens with one attached hydrogen (secondary N) is 1. The van der Waals surface area contributed by atoms with Crippen LogP contribution in [0.5, 0.6) is 0 Å². The summed E-state index contributed by atoms with van der Waals surface area (Å²) in [6.07, 6.45) is 1.66. The molecule has 2 heterocycles. The van der Waals surface area contributed by atoms with E-state index in [1.165, 1.54) is 28.9 Å². The second-order valence-corrected chi connectivity index (χ2v) is 7.20. The summed E-state index contributed by atoms with van der Waals surface area (Å²) in [7, 11) is 0. The van der Waals surface area contributed by atoms with Gasteiger partial charge in [-0.05, 0) is 57.2 Å². The van der Waals surface area contributed by atoms with Crippen LogP contribution in [-0.4, -0.2) is 20.3 Å². The second kappa shape index (κ2) is 7.59. The lowest BCUT2D eigenvalue weighted by Gasteiger charge is -2.18. The molecule has 6 nitrogen and oxygen atoms in total. The molecule has 1 atom stereocenters. The molecular weight excluding hydrogens is 383 g/mol. The van der Waals surface area contributed by atoms with Gasteiger partial charge in [0, 0.05) is 22.5 Å². The molecule has 7 heteroatoms. The normalized spacial score (nSPS) is 12.1. The number of carbonyl (C=O) groups excluding carboxylic acids is 1. The lowest BCUT2D eigenvalue weighted by molar-refractivity contribution is -0.118. The maximum Gasteiger partial charge on any atom is 0.281 e. The van der Waals surface area contributed by atoms with E-state index in [-0.39, 0.29) is 17.3 Å². The highest BCUT2D eigenvalue weighted by Crippen LogP contribution is 2.27. The van der Waals surface area contributed by atoms with Crippen LogP contribution in [0.3, 0.4) is 0 Å². The summed E-state index contributed by atoms with van der Waals surface area (Å²) in [6, 6.07) is 14.2. The van der Waals surface area contributed by atoms with E-state index in [0.717, 1.165) is 5.69 Å². The van der Waals surface area contributed by atoms with Crippen LogP contribution >= 0.6 is 0 Å². The van der Waals surface area contributed by atoms with Crippen molar-refractivity contribution in [3.05, 3.63) is 88.4 Å². The van der Waals surface area contributed by atoms with Gasteiger partial charge in [0.05, 0.1) is 17.3 Å². The van der Waals surface area contributed by atoms with E-state index in [1.807, 2.05) is 48.7 Å². The number of halogens is 1. The number of aromatic nitrogens is 3. The summed E-state index contributed by atoms with van der Waals surface area (Å²) in [5.74, 6) is -0.629. The van der Waals surface area contributed by atoms with Crippen molar-refractivity contribution < 1.29 is 9.18 Å². The van der Waals surface area contributed by atoms with Crippen molar-refractivity contribution in [3.63, 3.8) is 0 Å². The lowest BCUT2D eigenvalue weighted by atomic mass is 10.2. The number of benzene rings is 2. The molecule has 30 heavy (non-hydrogen) atoms. The van der Waals surface area contributed by atoms with E-state index in [4.69, 9.17) is 0 Å². The van der Waals surface area contributed by atoms with Gasteiger partial charge in [0.25, 0.3) is 5.56 Å². The molecule has 4 rings (SSSR count). The summed E-state index contributed by atoms with van der Waals surface area (Å²) in [5, 5.41) is 8.37. The van der Waals surface area contributed by atoms with Gasteiger partial charge < -0.3 is 9.88 Å². The topological polar surface area (TPSA) is 68.9 Å². The molecule has 0 radical (unpaired) electrons. The Labute approximate surface area is 172 Å².